The second-order valence-corrected chi connectivity index (χ2v) is 3.94. The van der Waals surface area contributed by atoms with E-state index in [0.29, 0.717) is 11.5 Å². The van der Waals surface area contributed by atoms with E-state index >= 15 is 0 Å². The number of hydrogen-bond donors (Lipinski definition) is 0. The maximum Gasteiger partial charge on any atom is 0.201 e. The van der Waals surface area contributed by atoms with Crippen molar-refractivity contribution in [3.8, 4) is 5.75 Å². The Bertz CT molecular complexity index is 329. The molecule has 84 valence electrons. The van der Waals surface area contributed by atoms with E-state index in [-0.39, 0.29) is 5.75 Å². The third-order valence-corrected chi connectivity index (χ3v) is 2.74. The minimum atomic E-state index is -0.891. The quantitative estimate of drug-likeness (QED) is 0.563. The second-order valence-electron chi connectivity index (χ2n) is 3.10. The number of rotatable bonds is 5. The minimum absolute atomic E-state index is 0.00116. The third-order valence-electron chi connectivity index (χ3n) is 1.99. The summed E-state index contributed by atoms with van der Waals surface area (Å²) >= 11 is 1.18. The first kappa shape index (κ1) is 12.3. The van der Waals surface area contributed by atoms with Crippen LogP contribution >= 0.6 is 11.8 Å². The molecule has 0 atom stereocenters. The highest BCUT2D eigenvalue weighted by atomic mass is 32.2. The highest BCUT2D eigenvalue weighted by Crippen LogP contribution is 2.27. The van der Waals surface area contributed by atoms with Crippen molar-refractivity contribution in [2.24, 2.45) is 0 Å². The van der Waals surface area contributed by atoms with E-state index in [1.807, 2.05) is 6.92 Å². The zero-order valence-electron chi connectivity index (χ0n) is 8.85. The SMILES string of the molecule is CCCCOc1ccc(SC)c(F)c1F. The normalized spacial score (nSPS) is 10.4. The first-order chi connectivity index (χ1) is 7.20. The zero-order chi connectivity index (χ0) is 11.3. The minimum Gasteiger partial charge on any atom is -0.490 e. The molecular formula is C11H14F2OS. The molecule has 0 aliphatic carbocycles. The van der Waals surface area contributed by atoms with Gasteiger partial charge in [-0.1, -0.05) is 13.3 Å². The number of benzene rings is 1. The molecule has 0 aromatic heterocycles. The van der Waals surface area contributed by atoms with Crippen LogP contribution in [-0.2, 0) is 0 Å². The number of ether oxygens (including phenoxy) is 1. The maximum atomic E-state index is 13.4. The molecule has 0 saturated heterocycles. The first-order valence-corrected chi connectivity index (χ1v) is 6.08. The topological polar surface area (TPSA) is 9.23 Å². The standard InChI is InChI=1S/C11H14F2OS/c1-3-4-7-14-8-5-6-9(15-2)11(13)10(8)12/h5-6H,3-4,7H2,1-2H3. The molecule has 0 bridgehead atoms. The van der Waals surface area contributed by atoms with E-state index in [1.165, 1.54) is 23.9 Å². The van der Waals surface area contributed by atoms with Crippen LogP contribution in [0.3, 0.4) is 0 Å². The first-order valence-electron chi connectivity index (χ1n) is 4.85. The third kappa shape index (κ3) is 3.09. The van der Waals surface area contributed by atoms with Crippen molar-refractivity contribution in [2.45, 2.75) is 24.7 Å². The van der Waals surface area contributed by atoms with E-state index in [9.17, 15) is 8.78 Å². The number of unbranched alkanes of at least 4 members (excludes halogenated alkanes) is 1. The van der Waals surface area contributed by atoms with Gasteiger partial charge in [0.25, 0.3) is 0 Å². The Labute approximate surface area is 92.8 Å². The fraction of sp³-hybridized carbons (Fsp3) is 0.455. The molecule has 1 aromatic carbocycles. The predicted octanol–water partition coefficient (Wildman–Crippen LogP) is 3.87. The maximum absolute atomic E-state index is 13.4. The summed E-state index contributed by atoms with van der Waals surface area (Å²) in [5.41, 5.74) is 0. The van der Waals surface area contributed by atoms with Crippen LogP contribution < -0.4 is 4.74 Å². The lowest BCUT2D eigenvalue weighted by Gasteiger charge is -2.08. The lowest BCUT2D eigenvalue weighted by Crippen LogP contribution is -2.00. The highest BCUT2D eigenvalue weighted by molar-refractivity contribution is 7.98. The summed E-state index contributed by atoms with van der Waals surface area (Å²) in [5, 5.41) is 0. The lowest BCUT2D eigenvalue weighted by molar-refractivity contribution is 0.287. The van der Waals surface area contributed by atoms with Crippen molar-refractivity contribution in [2.75, 3.05) is 12.9 Å². The largest absolute Gasteiger partial charge is 0.490 e. The van der Waals surface area contributed by atoms with Crippen LogP contribution in [0.5, 0.6) is 5.75 Å². The fourth-order valence-electron chi connectivity index (χ4n) is 1.11. The van der Waals surface area contributed by atoms with E-state index < -0.39 is 11.6 Å². The Balaban J connectivity index is 2.77. The average molecular weight is 232 g/mol. The van der Waals surface area contributed by atoms with Crippen LogP contribution in [0, 0.1) is 11.6 Å². The Morgan fingerprint density at radius 1 is 1.27 bits per heavy atom. The molecule has 0 N–H and O–H groups in total. The molecule has 15 heavy (non-hydrogen) atoms. The van der Waals surface area contributed by atoms with Crippen molar-refractivity contribution in [3.05, 3.63) is 23.8 Å². The zero-order valence-corrected chi connectivity index (χ0v) is 9.66. The molecule has 0 saturated carbocycles. The molecule has 1 aromatic rings. The summed E-state index contributed by atoms with van der Waals surface area (Å²) in [6, 6.07) is 3.00. The predicted molar refractivity (Wildman–Crippen MR) is 58.5 cm³/mol. The molecule has 0 aliphatic heterocycles. The fourth-order valence-corrected chi connectivity index (χ4v) is 1.58. The smallest absolute Gasteiger partial charge is 0.201 e. The van der Waals surface area contributed by atoms with Gasteiger partial charge in [-0.05, 0) is 24.8 Å². The van der Waals surface area contributed by atoms with Gasteiger partial charge < -0.3 is 4.74 Å². The summed E-state index contributed by atoms with van der Waals surface area (Å²) in [4.78, 5) is 0.301. The van der Waals surface area contributed by atoms with Gasteiger partial charge >= 0.3 is 0 Å². The van der Waals surface area contributed by atoms with E-state index in [1.54, 1.807) is 6.26 Å². The number of hydrogen-bond acceptors (Lipinski definition) is 2. The van der Waals surface area contributed by atoms with Gasteiger partial charge in [0.15, 0.2) is 11.6 Å². The molecule has 0 aliphatic rings. The van der Waals surface area contributed by atoms with Gasteiger partial charge in [0.1, 0.15) is 0 Å². The van der Waals surface area contributed by atoms with Crippen LogP contribution in [0.25, 0.3) is 0 Å². The molecule has 0 unspecified atom stereocenters. The molecule has 0 spiro atoms. The second kappa shape index (κ2) is 5.95. The lowest BCUT2D eigenvalue weighted by atomic mass is 10.3. The number of halogens is 2. The Hall–Kier alpha value is -0.770. The highest BCUT2D eigenvalue weighted by Gasteiger charge is 2.13. The molecule has 0 amide bonds. The van der Waals surface area contributed by atoms with Gasteiger partial charge in [-0.25, -0.2) is 4.39 Å². The molecule has 0 radical (unpaired) electrons. The van der Waals surface area contributed by atoms with Crippen LogP contribution in [0.1, 0.15) is 19.8 Å². The van der Waals surface area contributed by atoms with Crippen molar-refractivity contribution >= 4 is 11.8 Å². The summed E-state index contributed by atoms with van der Waals surface area (Å²) in [6.45, 7) is 2.43. The Morgan fingerprint density at radius 2 is 2.00 bits per heavy atom. The van der Waals surface area contributed by atoms with Crippen molar-refractivity contribution in [1.29, 1.82) is 0 Å². The monoisotopic (exact) mass is 232 g/mol. The number of thioether (sulfide) groups is 1. The molecule has 1 nitrogen and oxygen atoms in total. The van der Waals surface area contributed by atoms with Gasteiger partial charge in [0.2, 0.25) is 5.82 Å². The Kier molecular flexibility index (Phi) is 4.88. The van der Waals surface area contributed by atoms with E-state index in [2.05, 4.69) is 0 Å². The van der Waals surface area contributed by atoms with Gasteiger partial charge in [0.05, 0.1) is 6.61 Å². The van der Waals surface area contributed by atoms with Gasteiger partial charge in [-0.2, -0.15) is 4.39 Å². The van der Waals surface area contributed by atoms with Crippen LogP contribution in [0.15, 0.2) is 17.0 Å². The summed E-state index contributed by atoms with van der Waals surface area (Å²) in [5.74, 6) is -1.71. The Morgan fingerprint density at radius 3 is 2.60 bits per heavy atom. The summed E-state index contributed by atoms with van der Waals surface area (Å²) in [6.07, 6.45) is 3.51. The van der Waals surface area contributed by atoms with Crippen LogP contribution in [0.2, 0.25) is 0 Å². The molecule has 0 fully saturated rings. The average Bonchev–Trinajstić information content (AvgIpc) is 2.25. The van der Waals surface area contributed by atoms with Crippen molar-refractivity contribution < 1.29 is 13.5 Å². The van der Waals surface area contributed by atoms with Gasteiger partial charge in [-0.15, -0.1) is 11.8 Å². The summed E-state index contributed by atoms with van der Waals surface area (Å²) < 4.78 is 31.8. The molecule has 1 rings (SSSR count). The van der Waals surface area contributed by atoms with Crippen molar-refractivity contribution in [1.82, 2.24) is 0 Å². The van der Waals surface area contributed by atoms with Gasteiger partial charge in [-0.3, -0.25) is 0 Å². The van der Waals surface area contributed by atoms with E-state index in [0.717, 1.165) is 12.8 Å². The van der Waals surface area contributed by atoms with Crippen LogP contribution in [-0.4, -0.2) is 12.9 Å². The molecular weight excluding hydrogens is 218 g/mol. The molecule has 0 heterocycles. The van der Waals surface area contributed by atoms with Gasteiger partial charge in [0, 0.05) is 4.90 Å². The van der Waals surface area contributed by atoms with Crippen LogP contribution in [0.4, 0.5) is 8.78 Å². The molecule has 4 heteroatoms. The van der Waals surface area contributed by atoms with E-state index in [4.69, 9.17) is 4.74 Å². The summed E-state index contributed by atoms with van der Waals surface area (Å²) in [7, 11) is 0. The van der Waals surface area contributed by atoms with Crippen molar-refractivity contribution in [3.63, 3.8) is 0 Å².